The number of hydrogen-bond acceptors (Lipinski definition) is 3. The Bertz CT molecular complexity index is 1440. The number of anilines is 2. The van der Waals surface area contributed by atoms with Crippen LogP contribution in [0.15, 0.2) is 121 Å². The molecular weight excluding hydrogens is 514 g/mol. The molecule has 41 heavy (non-hydrogen) atoms. The Morgan fingerprint density at radius 3 is 1.61 bits per heavy atom. The van der Waals surface area contributed by atoms with E-state index in [1.165, 1.54) is 4.90 Å². The van der Waals surface area contributed by atoms with Crippen LogP contribution in [-0.4, -0.2) is 57.5 Å². The minimum Gasteiger partial charge on any atom is -0.480 e. The number of amides is 3. The molecule has 3 atom stereocenters. The Morgan fingerprint density at radius 1 is 0.683 bits per heavy atom. The molecule has 0 aromatic heterocycles. The lowest BCUT2D eigenvalue weighted by molar-refractivity contribution is -0.151. The van der Waals surface area contributed by atoms with Gasteiger partial charge in [0.05, 0.1) is 23.3 Å². The summed E-state index contributed by atoms with van der Waals surface area (Å²) in [5.74, 6) is -1.81. The van der Waals surface area contributed by atoms with Crippen molar-refractivity contribution in [2.24, 2.45) is 0 Å². The number of hydrogen-bond donors (Lipinski definition) is 1. The number of nitrogens with zero attached hydrogens (tertiary/aromatic N) is 3. The molecule has 2 aliphatic rings. The molecule has 1 unspecified atom stereocenters. The Kier molecular flexibility index (Phi) is 7.25. The summed E-state index contributed by atoms with van der Waals surface area (Å²) in [6.07, 6.45) is 1.15. The van der Waals surface area contributed by atoms with Crippen molar-refractivity contribution in [3.05, 3.63) is 132 Å². The van der Waals surface area contributed by atoms with Gasteiger partial charge in [0.2, 0.25) is 5.91 Å². The molecule has 2 bridgehead atoms. The lowest BCUT2D eigenvalue weighted by atomic mass is 9.88. The number of carboxylic acids is 1. The summed E-state index contributed by atoms with van der Waals surface area (Å²) < 4.78 is 0. The van der Waals surface area contributed by atoms with Crippen molar-refractivity contribution in [2.45, 2.75) is 36.9 Å². The fourth-order valence-electron chi connectivity index (χ4n) is 6.36. The first-order valence-electron chi connectivity index (χ1n) is 13.9. The molecular formula is C34H31N3O4. The minimum absolute atomic E-state index is 0.128. The lowest BCUT2D eigenvalue weighted by Gasteiger charge is -2.47. The van der Waals surface area contributed by atoms with Gasteiger partial charge in [0.25, 0.3) is 0 Å². The number of carbonyl (C=O) groups excluding carboxylic acids is 2. The Balaban J connectivity index is 1.36. The third-order valence-corrected chi connectivity index (χ3v) is 8.14. The summed E-state index contributed by atoms with van der Waals surface area (Å²) in [4.78, 5) is 46.3. The van der Waals surface area contributed by atoms with Crippen molar-refractivity contribution < 1.29 is 19.5 Å². The number of aliphatic carboxylic acids is 1. The van der Waals surface area contributed by atoms with Crippen LogP contribution >= 0.6 is 0 Å². The van der Waals surface area contributed by atoms with Crippen LogP contribution in [0.3, 0.4) is 0 Å². The van der Waals surface area contributed by atoms with Crippen LogP contribution in [0.1, 0.15) is 29.9 Å². The van der Waals surface area contributed by atoms with E-state index in [9.17, 15) is 19.5 Å². The molecule has 7 heteroatoms. The summed E-state index contributed by atoms with van der Waals surface area (Å²) >= 11 is 0. The van der Waals surface area contributed by atoms with Crippen LogP contribution in [0.5, 0.6) is 0 Å². The van der Waals surface area contributed by atoms with Crippen molar-refractivity contribution in [3.8, 4) is 0 Å². The molecule has 1 N–H and O–H groups in total. The van der Waals surface area contributed by atoms with Gasteiger partial charge in [-0.15, -0.1) is 0 Å². The van der Waals surface area contributed by atoms with Gasteiger partial charge in [-0.3, -0.25) is 9.69 Å². The third-order valence-electron chi connectivity index (χ3n) is 8.14. The highest BCUT2D eigenvalue weighted by molar-refractivity contribution is 6.01. The van der Waals surface area contributed by atoms with Gasteiger partial charge in [0.15, 0.2) is 6.04 Å². The standard InChI is InChI=1S/C34H31N3O4/c38-32(30(24-13-5-1-6-14-24)25-15-7-2-8-16-25)37-28-21-22-29(37)31(33(39)40)35(23-28)34(41)36(26-17-9-3-10-18-26)27-19-11-4-12-20-27/h1-20,28-31H,21-23H2,(H,39,40)/t28-,29?,31-/m0/s1. The molecule has 0 radical (unpaired) electrons. The van der Waals surface area contributed by atoms with E-state index in [4.69, 9.17) is 0 Å². The van der Waals surface area contributed by atoms with E-state index in [0.29, 0.717) is 24.2 Å². The Morgan fingerprint density at radius 2 is 1.15 bits per heavy atom. The highest BCUT2D eigenvalue weighted by atomic mass is 16.4. The molecule has 7 nitrogen and oxygen atoms in total. The molecule has 2 fully saturated rings. The molecule has 4 aromatic rings. The number of urea groups is 1. The van der Waals surface area contributed by atoms with Crippen LogP contribution in [0.2, 0.25) is 0 Å². The quantitative estimate of drug-likeness (QED) is 0.327. The second kappa shape index (κ2) is 11.3. The topological polar surface area (TPSA) is 81.2 Å². The fourth-order valence-corrected chi connectivity index (χ4v) is 6.36. The average Bonchev–Trinajstić information content (AvgIpc) is 3.31. The van der Waals surface area contributed by atoms with Gasteiger partial charge in [0.1, 0.15) is 0 Å². The van der Waals surface area contributed by atoms with Gasteiger partial charge < -0.3 is 14.9 Å². The number of rotatable bonds is 6. The van der Waals surface area contributed by atoms with Crippen molar-refractivity contribution >= 4 is 29.3 Å². The predicted octanol–water partition coefficient (Wildman–Crippen LogP) is 5.91. The summed E-state index contributed by atoms with van der Waals surface area (Å²) in [6, 6.07) is 35.2. The number of likely N-dealkylation sites (tertiary alicyclic amines) is 1. The molecule has 4 aromatic carbocycles. The zero-order valence-corrected chi connectivity index (χ0v) is 22.5. The van der Waals surface area contributed by atoms with E-state index in [1.807, 2.05) is 121 Å². The largest absolute Gasteiger partial charge is 0.480 e. The second-order valence-electron chi connectivity index (χ2n) is 10.5. The molecule has 0 aliphatic carbocycles. The first-order chi connectivity index (χ1) is 20.0. The molecule has 0 spiro atoms. The van der Waals surface area contributed by atoms with E-state index >= 15 is 0 Å². The van der Waals surface area contributed by atoms with Gasteiger partial charge in [-0.05, 0) is 48.2 Å². The van der Waals surface area contributed by atoms with Crippen LogP contribution in [0.4, 0.5) is 16.2 Å². The maximum Gasteiger partial charge on any atom is 0.329 e. The van der Waals surface area contributed by atoms with Gasteiger partial charge >= 0.3 is 12.0 Å². The zero-order valence-electron chi connectivity index (χ0n) is 22.5. The fraction of sp³-hybridized carbons (Fsp3) is 0.206. The van der Waals surface area contributed by atoms with E-state index in [1.54, 1.807) is 9.80 Å². The third kappa shape index (κ3) is 4.95. The van der Waals surface area contributed by atoms with Gasteiger partial charge in [0, 0.05) is 12.6 Å². The molecule has 2 saturated heterocycles. The number of carbonyl (C=O) groups is 3. The SMILES string of the molecule is O=C(O)[C@@H]1C2CC[C@@H](CN1C(=O)N(c1ccccc1)c1ccccc1)N2C(=O)C(c1ccccc1)c1ccccc1. The highest BCUT2D eigenvalue weighted by Crippen LogP contribution is 2.40. The number of fused-ring (bicyclic) bond motifs is 2. The van der Waals surface area contributed by atoms with E-state index in [-0.39, 0.29) is 18.5 Å². The molecule has 0 saturated carbocycles. The second-order valence-corrected chi connectivity index (χ2v) is 10.5. The minimum atomic E-state index is -1.17. The van der Waals surface area contributed by atoms with Gasteiger partial charge in [-0.1, -0.05) is 97.1 Å². The summed E-state index contributed by atoms with van der Waals surface area (Å²) in [7, 11) is 0. The monoisotopic (exact) mass is 545 g/mol. The van der Waals surface area contributed by atoms with E-state index in [2.05, 4.69) is 0 Å². The van der Waals surface area contributed by atoms with Crippen LogP contribution in [0, 0.1) is 0 Å². The first kappa shape index (κ1) is 26.3. The molecule has 3 amide bonds. The predicted molar refractivity (Wildman–Crippen MR) is 157 cm³/mol. The van der Waals surface area contributed by atoms with Crippen LogP contribution in [0.25, 0.3) is 0 Å². The van der Waals surface area contributed by atoms with Crippen LogP contribution < -0.4 is 4.90 Å². The van der Waals surface area contributed by atoms with E-state index < -0.39 is 30.0 Å². The molecule has 206 valence electrons. The number of piperazine rings is 1. The smallest absolute Gasteiger partial charge is 0.329 e. The van der Waals surface area contributed by atoms with Crippen molar-refractivity contribution in [3.63, 3.8) is 0 Å². The average molecular weight is 546 g/mol. The summed E-state index contributed by atoms with van der Waals surface area (Å²) in [5.41, 5.74) is 3.00. The zero-order chi connectivity index (χ0) is 28.3. The maximum absolute atomic E-state index is 14.4. The van der Waals surface area contributed by atoms with Crippen molar-refractivity contribution in [1.82, 2.24) is 9.80 Å². The molecule has 2 heterocycles. The summed E-state index contributed by atoms with van der Waals surface area (Å²) in [5, 5.41) is 10.5. The number of carboxylic acid groups (broad SMARTS) is 1. The van der Waals surface area contributed by atoms with Crippen LogP contribution in [-0.2, 0) is 9.59 Å². The number of benzene rings is 4. The Hall–Kier alpha value is -4.91. The summed E-state index contributed by atoms with van der Waals surface area (Å²) in [6.45, 7) is 0.143. The van der Waals surface area contributed by atoms with Gasteiger partial charge in [-0.2, -0.15) is 0 Å². The van der Waals surface area contributed by atoms with Crippen molar-refractivity contribution in [1.29, 1.82) is 0 Å². The molecule has 2 aliphatic heterocycles. The Labute approximate surface area is 239 Å². The number of para-hydroxylation sites is 2. The van der Waals surface area contributed by atoms with Crippen molar-refractivity contribution in [2.75, 3.05) is 11.4 Å². The maximum atomic E-state index is 14.4. The normalized spacial score (nSPS) is 19.7. The first-order valence-corrected chi connectivity index (χ1v) is 13.9. The molecule has 6 rings (SSSR count). The highest BCUT2D eigenvalue weighted by Gasteiger charge is 2.54. The van der Waals surface area contributed by atoms with Gasteiger partial charge in [-0.25, -0.2) is 9.59 Å². The van der Waals surface area contributed by atoms with E-state index in [0.717, 1.165) is 11.1 Å². The lowest BCUT2D eigenvalue weighted by Crippen LogP contribution is -2.66.